The lowest BCUT2D eigenvalue weighted by atomic mass is 9.80. The van der Waals surface area contributed by atoms with Gasteiger partial charge in [-0.05, 0) is 44.9 Å². The number of anilines is 1. The SMILES string of the molecule is CCNC(=O)N1CCc2c([nH]c3ccccc23)C12C(=O)N(C(C)C)c1ccccc12. The minimum atomic E-state index is -1.19. The summed E-state index contributed by atoms with van der Waals surface area (Å²) >= 11 is 0. The van der Waals surface area contributed by atoms with Crippen molar-refractivity contribution in [3.8, 4) is 0 Å². The molecule has 1 spiro atoms. The van der Waals surface area contributed by atoms with Gasteiger partial charge in [-0.15, -0.1) is 0 Å². The summed E-state index contributed by atoms with van der Waals surface area (Å²) in [5, 5.41) is 4.05. The number of urea groups is 1. The van der Waals surface area contributed by atoms with Crippen molar-refractivity contribution in [3.05, 3.63) is 65.4 Å². The molecule has 0 bridgehead atoms. The number of hydrogen-bond acceptors (Lipinski definition) is 2. The average molecular weight is 402 g/mol. The third-order valence-electron chi connectivity index (χ3n) is 6.34. The molecule has 1 atom stereocenters. The van der Waals surface area contributed by atoms with Crippen molar-refractivity contribution < 1.29 is 9.59 Å². The quantitative estimate of drug-likeness (QED) is 0.685. The minimum Gasteiger partial charge on any atom is -0.355 e. The molecule has 2 aromatic carbocycles. The fraction of sp³-hybridized carbons (Fsp3) is 0.333. The zero-order valence-electron chi connectivity index (χ0n) is 17.5. The number of H-pyrrole nitrogens is 1. The van der Waals surface area contributed by atoms with Crippen LogP contribution >= 0.6 is 0 Å². The Hall–Kier alpha value is -3.28. The van der Waals surface area contributed by atoms with Gasteiger partial charge in [0.25, 0.3) is 5.91 Å². The molecule has 30 heavy (non-hydrogen) atoms. The Morgan fingerprint density at radius 2 is 1.90 bits per heavy atom. The number of nitrogens with one attached hydrogen (secondary N) is 2. The first kappa shape index (κ1) is 18.7. The maximum Gasteiger partial charge on any atom is 0.318 e. The maximum atomic E-state index is 14.2. The molecule has 0 aliphatic carbocycles. The number of hydrogen-bond donors (Lipinski definition) is 2. The molecule has 0 saturated carbocycles. The van der Waals surface area contributed by atoms with Crippen LogP contribution in [0.1, 0.15) is 37.6 Å². The number of nitrogens with zero attached hydrogens (tertiary/aromatic N) is 2. The summed E-state index contributed by atoms with van der Waals surface area (Å²) in [5.74, 6) is -0.0718. The largest absolute Gasteiger partial charge is 0.355 e. The van der Waals surface area contributed by atoms with E-state index < -0.39 is 5.54 Å². The molecular formula is C24H26N4O2. The number of rotatable bonds is 2. The van der Waals surface area contributed by atoms with Gasteiger partial charge >= 0.3 is 6.03 Å². The number of carbonyl (C=O) groups is 2. The Balaban J connectivity index is 1.86. The molecule has 6 nitrogen and oxygen atoms in total. The van der Waals surface area contributed by atoms with Gasteiger partial charge in [0.15, 0.2) is 5.54 Å². The molecule has 3 heterocycles. The molecule has 3 aromatic rings. The Morgan fingerprint density at radius 3 is 2.67 bits per heavy atom. The number of aromatic amines is 1. The van der Waals surface area contributed by atoms with Crippen molar-refractivity contribution in [2.45, 2.75) is 38.8 Å². The predicted molar refractivity (Wildman–Crippen MR) is 118 cm³/mol. The third kappa shape index (κ3) is 2.24. The lowest BCUT2D eigenvalue weighted by Crippen LogP contribution is -2.61. The van der Waals surface area contributed by atoms with E-state index >= 15 is 0 Å². The van der Waals surface area contributed by atoms with E-state index in [9.17, 15) is 9.59 Å². The third-order valence-corrected chi connectivity index (χ3v) is 6.34. The number of carbonyl (C=O) groups excluding carboxylic acids is 2. The van der Waals surface area contributed by atoms with Gasteiger partial charge in [-0.2, -0.15) is 0 Å². The van der Waals surface area contributed by atoms with Crippen LogP contribution in [0.5, 0.6) is 0 Å². The van der Waals surface area contributed by atoms with Crippen LogP contribution in [0.15, 0.2) is 48.5 Å². The molecule has 1 aromatic heterocycles. The summed E-state index contributed by atoms with van der Waals surface area (Å²) in [4.78, 5) is 34.6. The highest BCUT2D eigenvalue weighted by atomic mass is 16.2. The number of aromatic nitrogens is 1. The number of fused-ring (bicyclic) bond motifs is 6. The molecule has 0 radical (unpaired) electrons. The van der Waals surface area contributed by atoms with E-state index in [0.717, 1.165) is 33.4 Å². The van der Waals surface area contributed by atoms with Gasteiger partial charge in [-0.25, -0.2) is 4.79 Å². The highest BCUT2D eigenvalue weighted by Crippen LogP contribution is 2.52. The smallest absolute Gasteiger partial charge is 0.318 e. The van der Waals surface area contributed by atoms with E-state index in [1.54, 1.807) is 4.90 Å². The molecule has 5 rings (SSSR count). The number of para-hydroxylation sites is 2. The van der Waals surface area contributed by atoms with Crippen molar-refractivity contribution in [2.24, 2.45) is 0 Å². The van der Waals surface area contributed by atoms with Crippen LogP contribution in [0.2, 0.25) is 0 Å². The molecule has 6 heteroatoms. The van der Waals surface area contributed by atoms with Crippen LogP contribution in [0, 0.1) is 0 Å². The summed E-state index contributed by atoms with van der Waals surface area (Å²) in [6.07, 6.45) is 0.704. The van der Waals surface area contributed by atoms with Crippen LogP contribution in [0.25, 0.3) is 10.9 Å². The van der Waals surface area contributed by atoms with Crippen molar-refractivity contribution in [3.63, 3.8) is 0 Å². The molecule has 1 unspecified atom stereocenters. The first-order valence-corrected chi connectivity index (χ1v) is 10.6. The fourth-order valence-electron chi connectivity index (χ4n) is 5.20. The topological polar surface area (TPSA) is 68.4 Å². The normalized spacial score (nSPS) is 20.2. The molecule has 0 fully saturated rings. The van der Waals surface area contributed by atoms with Gasteiger partial charge in [0.2, 0.25) is 0 Å². The lowest BCUT2D eigenvalue weighted by molar-refractivity contribution is -0.127. The van der Waals surface area contributed by atoms with Crippen LogP contribution in [0.4, 0.5) is 10.5 Å². The van der Waals surface area contributed by atoms with Crippen LogP contribution < -0.4 is 10.2 Å². The highest BCUT2D eigenvalue weighted by molar-refractivity contribution is 6.13. The van der Waals surface area contributed by atoms with E-state index in [2.05, 4.69) is 16.4 Å². The first-order chi connectivity index (χ1) is 14.5. The van der Waals surface area contributed by atoms with E-state index in [4.69, 9.17) is 0 Å². The van der Waals surface area contributed by atoms with Crippen LogP contribution in [0.3, 0.4) is 0 Å². The average Bonchev–Trinajstić information content (AvgIpc) is 3.23. The maximum absolute atomic E-state index is 14.2. The standard InChI is InChI=1S/C24H26N4O2/c1-4-25-23(30)27-14-13-17-16-9-5-7-11-19(16)26-21(17)24(27)18-10-6-8-12-20(18)28(15(2)3)22(24)29/h5-12,15,26H,4,13-14H2,1-3H3,(H,25,30). The van der Waals surface area contributed by atoms with E-state index in [1.165, 1.54) is 0 Å². The van der Waals surface area contributed by atoms with Crippen LogP contribution in [-0.4, -0.2) is 41.0 Å². The zero-order chi connectivity index (χ0) is 21.0. The predicted octanol–water partition coefficient (Wildman–Crippen LogP) is 3.75. The van der Waals surface area contributed by atoms with E-state index in [-0.39, 0.29) is 18.0 Å². The summed E-state index contributed by atoms with van der Waals surface area (Å²) in [6.45, 7) is 6.91. The fourth-order valence-corrected chi connectivity index (χ4v) is 5.20. The Morgan fingerprint density at radius 1 is 1.17 bits per heavy atom. The Bertz CT molecular complexity index is 1160. The number of amides is 3. The molecule has 154 valence electrons. The number of benzene rings is 2. The van der Waals surface area contributed by atoms with Crippen molar-refractivity contribution in [1.82, 2.24) is 15.2 Å². The Kier molecular flexibility index (Phi) is 4.13. The minimum absolute atomic E-state index is 0.0242. The molecule has 2 N–H and O–H groups in total. The summed E-state index contributed by atoms with van der Waals surface area (Å²) < 4.78 is 0. The van der Waals surface area contributed by atoms with Gasteiger partial charge in [0, 0.05) is 35.6 Å². The van der Waals surface area contributed by atoms with Crippen molar-refractivity contribution >= 4 is 28.5 Å². The van der Waals surface area contributed by atoms with Crippen molar-refractivity contribution in [2.75, 3.05) is 18.0 Å². The molecule has 2 aliphatic heterocycles. The summed E-state index contributed by atoms with van der Waals surface area (Å²) in [5.41, 5.74) is 3.49. The second-order valence-electron chi connectivity index (χ2n) is 8.26. The molecule has 2 aliphatic rings. The molecule has 3 amide bonds. The summed E-state index contributed by atoms with van der Waals surface area (Å²) in [7, 11) is 0. The van der Waals surface area contributed by atoms with Gasteiger partial charge in [0.05, 0.1) is 11.4 Å². The second-order valence-corrected chi connectivity index (χ2v) is 8.26. The first-order valence-electron chi connectivity index (χ1n) is 10.6. The van der Waals surface area contributed by atoms with Gasteiger partial charge < -0.3 is 20.1 Å². The van der Waals surface area contributed by atoms with Crippen molar-refractivity contribution in [1.29, 1.82) is 0 Å². The highest BCUT2D eigenvalue weighted by Gasteiger charge is 2.61. The van der Waals surface area contributed by atoms with E-state index in [0.29, 0.717) is 19.5 Å². The zero-order valence-corrected chi connectivity index (χ0v) is 17.5. The summed E-state index contributed by atoms with van der Waals surface area (Å²) in [6, 6.07) is 15.8. The van der Waals surface area contributed by atoms with Gasteiger partial charge in [0.1, 0.15) is 0 Å². The Labute approximate surface area is 175 Å². The second kappa shape index (κ2) is 6.62. The van der Waals surface area contributed by atoms with E-state index in [1.807, 2.05) is 68.1 Å². The lowest BCUT2D eigenvalue weighted by Gasteiger charge is -2.43. The molecule has 0 saturated heterocycles. The van der Waals surface area contributed by atoms with Gasteiger partial charge in [-0.1, -0.05) is 36.4 Å². The molecular weight excluding hydrogens is 376 g/mol. The monoisotopic (exact) mass is 402 g/mol. The van der Waals surface area contributed by atoms with Gasteiger partial charge in [-0.3, -0.25) is 4.79 Å². The van der Waals surface area contributed by atoms with Crippen LogP contribution in [-0.2, 0) is 16.8 Å².